The van der Waals surface area contributed by atoms with Crippen molar-refractivity contribution < 1.29 is 13.4 Å². The van der Waals surface area contributed by atoms with Crippen molar-refractivity contribution in [2.75, 3.05) is 24.6 Å². The second-order valence-electron chi connectivity index (χ2n) is 3.48. The van der Waals surface area contributed by atoms with Crippen molar-refractivity contribution in [1.82, 2.24) is 9.88 Å². The van der Waals surface area contributed by atoms with Gasteiger partial charge in [-0.1, -0.05) is 0 Å². The zero-order valence-corrected chi connectivity index (χ0v) is 9.37. The van der Waals surface area contributed by atoms with Gasteiger partial charge in [-0.25, -0.2) is 4.98 Å². The second-order valence-corrected chi connectivity index (χ2v) is 5.18. The minimum atomic E-state index is -0.842. The van der Waals surface area contributed by atoms with Crippen LogP contribution in [0.3, 0.4) is 0 Å². The molecule has 0 spiro atoms. The van der Waals surface area contributed by atoms with Crippen molar-refractivity contribution in [3.8, 4) is 0 Å². The summed E-state index contributed by atoms with van der Waals surface area (Å²) in [6.07, 6.45) is 1.30. The highest BCUT2D eigenvalue weighted by atomic mass is 32.2. The Morgan fingerprint density at radius 1 is 1.44 bits per heavy atom. The normalized spacial score (nSPS) is 17.4. The summed E-state index contributed by atoms with van der Waals surface area (Å²) in [5.74, 6) is -0.192. The Kier molecular flexibility index (Phi) is 3.28. The molecule has 0 atom stereocenters. The fourth-order valence-electron chi connectivity index (χ4n) is 1.56. The minimum absolute atomic E-state index is 0.0183. The number of pyridine rings is 1. The number of nitrogens with zero attached hydrogens (tertiary/aromatic N) is 2. The maximum Gasteiger partial charge on any atom is 0.258 e. The molecule has 1 aliphatic rings. The van der Waals surface area contributed by atoms with E-state index in [4.69, 9.17) is 0 Å². The number of carbonyl (C=O) groups is 1. The first-order chi connectivity index (χ1) is 7.68. The lowest BCUT2D eigenvalue weighted by Crippen LogP contribution is -2.42. The van der Waals surface area contributed by atoms with E-state index in [9.17, 15) is 13.4 Å². The molecular weight excluding hydrogens is 231 g/mol. The van der Waals surface area contributed by atoms with Gasteiger partial charge in [0.1, 0.15) is 0 Å². The van der Waals surface area contributed by atoms with Gasteiger partial charge >= 0.3 is 0 Å². The van der Waals surface area contributed by atoms with Crippen LogP contribution in [0.5, 0.6) is 0 Å². The van der Waals surface area contributed by atoms with Gasteiger partial charge in [-0.05, 0) is 12.1 Å². The predicted octanol–water partition coefficient (Wildman–Crippen LogP) is 0.425. The summed E-state index contributed by atoms with van der Waals surface area (Å²) in [7, 11) is -0.842. The van der Waals surface area contributed by atoms with Gasteiger partial charge in [0, 0.05) is 41.6 Å². The van der Waals surface area contributed by atoms with Crippen molar-refractivity contribution in [2.45, 2.75) is 0 Å². The monoisotopic (exact) mass is 242 g/mol. The summed E-state index contributed by atoms with van der Waals surface area (Å²) < 4.78 is 24.4. The smallest absolute Gasteiger partial charge is 0.258 e. The highest BCUT2D eigenvalue weighted by molar-refractivity contribution is 7.85. The van der Waals surface area contributed by atoms with E-state index in [0.717, 1.165) is 0 Å². The van der Waals surface area contributed by atoms with E-state index >= 15 is 0 Å². The lowest BCUT2D eigenvalue weighted by atomic mass is 10.2. The Morgan fingerprint density at radius 2 is 2.12 bits per heavy atom. The van der Waals surface area contributed by atoms with Crippen molar-refractivity contribution in [3.63, 3.8) is 0 Å². The van der Waals surface area contributed by atoms with Gasteiger partial charge in [0.05, 0.1) is 5.56 Å². The lowest BCUT2D eigenvalue weighted by molar-refractivity contribution is 0.0765. The molecule has 1 fully saturated rings. The minimum Gasteiger partial charge on any atom is -0.337 e. The Balaban J connectivity index is 2.14. The van der Waals surface area contributed by atoms with Crippen LogP contribution in [-0.4, -0.2) is 44.6 Å². The van der Waals surface area contributed by atoms with Crippen LogP contribution in [0, 0.1) is 5.95 Å². The van der Waals surface area contributed by atoms with Crippen LogP contribution in [0.2, 0.25) is 0 Å². The molecule has 16 heavy (non-hydrogen) atoms. The largest absolute Gasteiger partial charge is 0.337 e. The third kappa shape index (κ3) is 2.27. The van der Waals surface area contributed by atoms with Crippen molar-refractivity contribution >= 4 is 16.7 Å². The molecule has 4 nitrogen and oxygen atoms in total. The first kappa shape index (κ1) is 11.2. The molecule has 2 rings (SSSR count). The molecule has 1 aliphatic heterocycles. The Morgan fingerprint density at radius 3 is 2.75 bits per heavy atom. The lowest BCUT2D eigenvalue weighted by Gasteiger charge is -2.26. The molecule has 1 saturated heterocycles. The third-order valence-electron chi connectivity index (χ3n) is 2.45. The molecule has 86 valence electrons. The summed E-state index contributed by atoms with van der Waals surface area (Å²) in [6.45, 7) is 0.833. The first-order valence-corrected chi connectivity index (χ1v) is 6.42. The maximum atomic E-state index is 13.3. The van der Waals surface area contributed by atoms with Crippen LogP contribution in [-0.2, 0) is 10.8 Å². The third-order valence-corrected chi connectivity index (χ3v) is 3.73. The van der Waals surface area contributed by atoms with Crippen LogP contribution in [0.25, 0.3) is 0 Å². The standard InChI is InChI=1S/C10H11FN2O2S/c11-9-8(2-1-3-12-9)10(14)13-4-6-16(15)7-5-13/h1-3H,4-7H2. The van der Waals surface area contributed by atoms with Gasteiger partial charge < -0.3 is 4.90 Å². The zero-order valence-electron chi connectivity index (χ0n) is 8.56. The van der Waals surface area contributed by atoms with E-state index in [1.807, 2.05) is 0 Å². The molecule has 1 amide bonds. The summed E-state index contributed by atoms with van der Waals surface area (Å²) in [5, 5.41) is 0. The molecule has 1 aromatic heterocycles. The number of aromatic nitrogens is 1. The van der Waals surface area contributed by atoms with Crippen LogP contribution < -0.4 is 0 Å². The number of halogens is 1. The van der Waals surface area contributed by atoms with Gasteiger partial charge in [0.2, 0.25) is 5.95 Å². The molecule has 0 unspecified atom stereocenters. The van der Waals surface area contributed by atoms with E-state index in [2.05, 4.69) is 4.98 Å². The zero-order chi connectivity index (χ0) is 11.5. The molecule has 0 radical (unpaired) electrons. The van der Waals surface area contributed by atoms with Crippen molar-refractivity contribution in [1.29, 1.82) is 0 Å². The summed E-state index contributed by atoms with van der Waals surface area (Å²) in [5.41, 5.74) is -0.0183. The molecule has 6 heteroatoms. The van der Waals surface area contributed by atoms with Gasteiger partial charge in [-0.2, -0.15) is 4.39 Å². The number of amides is 1. The molecule has 2 heterocycles. The first-order valence-electron chi connectivity index (χ1n) is 4.93. The molecule has 1 aromatic rings. The maximum absolute atomic E-state index is 13.3. The number of rotatable bonds is 1. The highest BCUT2D eigenvalue weighted by Gasteiger charge is 2.23. The summed E-state index contributed by atoms with van der Waals surface area (Å²) >= 11 is 0. The molecule has 0 aromatic carbocycles. The SMILES string of the molecule is O=C(c1cccnc1F)N1CCS(=O)CC1. The molecule has 0 saturated carbocycles. The number of hydrogen-bond donors (Lipinski definition) is 0. The summed E-state index contributed by atoms with van der Waals surface area (Å²) in [4.78, 5) is 16.8. The molecule has 0 aliphatic carbocycles. The molecular formula is C10H11FN2O2S. The van der Waals surface area contributed by atoms with Gasteiger partial charge in [-0.15, -0.1) is 0 Å². The van der Waals surface area contributed by atoms with Gasteiger partial charge in [0.15, 0.2) is 0 Å². The van der Waals surface area contributed by atoms with Crippen LogP contribution >= 0.6 is 0 Å². The number of carbonyl (C=O) groups excluding carboxylic acids is 1. The Bertz CT molecular complexity index is 429. The molecule has 0 N–H and O–H groups in total. The van der Waals surface area contributed by atoms with Crippen LogP contribution in [0.4, 0.5) is 4.39 Å². The number of hydrogen-bond acceptors (Lipinski definition) is 3. The van der Waals surface area contributed by atoms with Crippen molar-refractivity contribution in [2.24, 2.45) is 0 Å². The quantitative estimate of drug-likeness (QED) is 0.671. The van der Waals surface area contributed by atoms with E-state index in [-0.39, 0.29) is 11.5 Å². The second kappa shape index (κ2) is 4.69. The van der Waals surface area contributed by atoms with Crippen LogP contribution in [0.1, 0.15) is 10.4 Å². The van der Waals surface area contributed by atoms with E-state index in [1.54, 1.807) is 0 Å². The molecule has 0 bridgehead atoms. The highest BCUT2D eigenvalue weighted by Crippen LogP contribution is 2.10. The summed E-state index contributed by atoms with van der Waals surface area (Å²) in [6, 6.07) is 2.94. The van der Waals surface area contributed by atoms with E-state index in [1.165, 1.54) is 23.2 Å². The topological polar surface area (TPSA) is 50.3 Å². The van der Waals surface area contributed by atoms with Gasteiger partial charge in [0.25, 0.3) is 5.91 Å². The fraction of sp³-hybridized carbons (Fsp3) is 0.400. The van der Waals surface area contributed by atoms with E-state index < -0.39 is 16.7 Å². The Labute approximate surface area is 94.9 Å². The van der Waals surface area contributed by atoms with Crippen LogP contribution in [0.15, 0.2) is 18.3 Å². The average molecular weight is 242 g/mol. The van der Waals surface area contributed by atoms with Crippen molar-refractivity contribution in [3.05, 3.63) is 29.8 Å². The predicted molar refractivity (Wildman–Crippen MR) is 58.0 cm³/mol. The average Bonchev–Trinajstić information content (AvgIpc) is 2.30. The Hall–Kier alpha value is -1.30. The fourth-order valence-corrected chi connectivity index (χ4v) is 2.61. The van der Waals surface area contributed by atoms with E-state index in [0.29, 0.717) is 24.6 Å². The van der Waals surface area contributed by atoms with Gasteiger partial charge in [-0.3, -0.25) is 9.00 Å².